The molecule has 0 saturated heterocycles. The summed E-state index contributed by atoms with van der Waals surface area (Å²) in [4.78, 5) is 38.1. The fraction of sp³-hybridized carbons (Fsp3) is 0.879. The average molecular weight is 901 g/mol. The Balaban J connectivity index is 4.32. The van der Waals surface area contributed by atoms with E-state index in [9.17, 15) is 14.4 Å². The van der Waals surface area contributed by atoms with Crippen molar-refractivity contribution in [2.24, 2.45) is 0 Å². The van der Waals surface area contributed by atoms with Crippen LogP contribution >= 0.6 is 0 Å². The van der Waals surface area contributed by atoms with Crippen molar-refractivity contribution in [2.45, 2.75) is 316 Å². The Morgan fingerprint density at radius 1 is 0.297 bits per heavy atom. The monoisotopic (exact) mass is 901 g/mol. The summed E-state index contributed by atoms with van der Waals surface area (Å²) in [5, 5.41) is 0. The molecule has 0 saturated carbocycles. The van der Waals surface area contributed by atoms with Crippen molar-refractivity contribution < 1.29 is 28.6 Å². The predicted octanol–water partition coefficient (Wildman–Crippen LogP) is 18.7. The van der Waals surface area contributed by atoms with Gasteiger partial charge in [0.25, 0.3) is 0 Å². The van der Waals surface area contributed by atoms with Crippen LogP contribution in [0, 0.1) is 0 Å². The maximum atomic E-state index is 12.8. The first kappa shape index (κ1) is 61.9. The Bertz CT molecular complexity index is 1040. The van der Waals surface area contributed by atoms with E-state index in [-0.39, 0.29) is 31.1 Å². The zero-order valence-corrected chi connectivity index (χ0v) is 43.1. The Morgan fingerprint density at radius 3 is 0.781 bits per heavy atom. The first-order valence-corrected chi connectivity index (χ1v) is 28.3. The molecule has 0 aromatic heterocycles. The molecule has 6 heteroatoms. The molecule has 1 atom stereocenters. The highest BCUT2D eigenvalue weighted by molar-refractivity contribution is 5.71. The maximum Gasteiger partial charge on any atom is 0.306 e. The van der Waals surface area contributed by atoms with Crippen molar-refractivity contribution in [1.29, 1.82) is 0 Å². The van der Waals surface area contributed by atoms with Crippen molar-refractivity contribution in [3.05, 3.63) is 24.3 Å². The van der Waals surface area contributed by atoms with Crippen LogP contribution in [0.3, 0.4) is 0 Å². The molecule has 0 bridgehead atoms. The van der Waals surface area contributed by atoms with Gasteiger partial charge in [-0.3, -0.25) is 14.4 Å². The second-order valence-corrected chi connectivity index (χ2v) is 19.2. The van der Waals surface area contributed by atoms with E-state index in [4.69, 9.17) is 14.2 Å². The molecule has 0 amide bonds. The van der Waals surface area contributed by atoms with Gasteiger partial charge in [-0.15, -0.1) is 0 Å². The summed E-state index contributed by atoms with van der Waals surface area (Å²) in [6, 6.07) is 0. The summed E-state index contributed by atoms with van der Waals surface area (Å²) >= 11 is 0. The van der Waals surface area contributed by atoms with Crippen molar-refractivity contribution in [2.75, 3.05) is 13.2 Å². The van der Waals surface area contributed by atoms with Crippen molar-refractivity contribution in [1.82, 2.24) is 0 Å². The summed E-state index contributed by atoms with van der Waals surface area (Å²) in [6.45, 7) is 6.66. The van der Waals surface area contributed by atoms with Crippen LogP contribution in [0.25, 0.3) is 0 Å². The van der Waals surface area contributed by atoms with Crippen molar-refractivity contribution in [3.63, 3.8) is 0 Å². The summed E-state index contributed by atoms with van der Waals surface area (Å²) in [5.74, 6) is -0.868. The highest BCUT2D eigenvalue weighted by Gasteiger charge is 2.19. The molecule has 0 aliphatic rings. The smallest absolute Gasteiger partial charge is 0.306 e. The molecule has 0 fully saturated rings. The fourth-order valence-corrected chi connectivity index (χ4v) is 8.37. The van der Waals surface area contributed by atoms with Gasteiger partial charge < -0.3 is 14.2 Å². The lowest BCUT2D eigenvalue weighted by molar-refractivity contribution is -0.167. The Labute approximate surface area is 398 Å². The van der Waals surface area contributed by atoms with E-state index < -0.39 is 6.10 Å². The quantitative estimate of drug-likeness (QED) is 0.0262. The number of unbranched alkanes of at least 4 members (excludes halogenated alkanes) is 37. The molecule has 0 aromatic rings. The molecular weight excluding hydrogens is 793 g/mol. The average Bonchev–Trinajstić information content (AvgIpc) is 3.29. The Morgan fingerprint density at radius 2 is 0.516 bits per heavy atom. The first-order chi connectivity index (χ1) is 31.5. The van der Waals surface area contributed by atoms with Crippen LogP contribution in [-0.2, 0) is 28.6 Å². The van der Waals surface area contributed by atoms with Gasteiger partial charge in [-0.05, 0) is 70.6 Å². The summed E-state index contributed by atoms with van der Waals surface area (Å²) < 4.78 is 16.8. The number of esters is 3. The number of hydrogen-bond acceptors (Lipinski definition) is 6. The van der Waals surface area contributed by atoms with E-state index in [0.717, 1.165) is 64.2 Å². The van der Waals surface area contributed by atoms with Crippen molar-refractivity contribution >= 4 is 17.9 Å². The zero-order valence-electron chi connectivity index (χ0n) is 43.1. The van der Waals surface area contributed by atoms with Gasteiger partial charge in [-0.1, -0.05) is 244 Å². The predicted molar refractivity (Wildman–Crippen MR) is 275 cm³/mol. The van der Waals surface area contributed by atoms with Crippen LogP contribution in [0.15, 0.2) is 24.3 Å². The topological polar surface area (TPSA) is 78.9 Å². The summed E-state index contributed by atoms with van der Waals surface area (Å²) in [5.41, 5.74) is 0. The molecule has 0 heterocycles. The minimum atomic E-state index is -0.773. The third kappa shape index (κ3) is 50.9. The highest BCUT2D eigenvalue weighted by Crippen LogP contribution is 2.16. The third-order valence-corrected chi connectivity index (χ3v) is 12.7. The molecule has 0 radical (unpaired) electrons. The number of ether oxygens (including phenoxy) is 3. The van der Waals surface area contributed by atoms with Gasteiger partial charge in [0, 0.05) is 19.3 Å². The maximum absolute atomic E-state index is 12.8. The molecule has 6 nitrogen and oxygen atoms in total. The van der Waals surface area contributed by atoms with Gasteiger partial charge in [0.05, 0.1) is 0 Å². The van der Waals surface area contributed by atoms with E-state index in [2.05, 4.69) is 45.1 Å². The lowest BCUT2D eigenvalue weighted by Gasteiger charge is -2.18. The van der Waals surface area contributed by atoms with Crippen molar-refractivity contribution in [3.8, 4) is 0 Å². The molecule has 64 heavy (non-hydrogen) atoms. The van der Waals surface area contributed by atoms with Crippen LogP contribution in [-0.4, -0.2) is 37.2 Å². The first-order valence-electron chi connectivity index (χ1n) is 28.3. The van der Waals surface area contributed by atoms with Crippen LogP contribution in [0.1, 0.15) is 310 Å². The van der Waals surface area contributed by atoms with E-state index in [1.807, 2.05) is 0 Å². The molecule has 0 rings (SSSR count). The molecule has 0 aliphatic heterocycles. The van der Waals surface area contributed by atoms with Gasteiger partial charge >= 0.3 is 17.9 Å². The van der Waals surface area contributed by atoms with Crippen LogP contribution in [0.5, 0.6) is 0 Å². The molecule has 376 valence electrons. The SMILES string of the molecule is CCCCCCC/C=C\CCCCCCCC(=O)O[C@@H](COC(=O)CCCCCCCCC/C=C\CCCCCCCCCC)COC(=O)CCCCCCCCCCCCCCC. The standard InChI is InChI=1S/C58H108O6/c1-4-7-10-13-16-19-22-25-27-28-29-30-31-34-36-39-42-45-48-51-57(60)63-54-55(53-62-56(59)50-47-44-41-38-35-32-24-21-18-15-12-9-6-3)64-58(61)52-49-46-43-40-37-33-26-23-20-17-14-11-8-5-2/h23,26,28-29,55H,4-22,24-25,27,30-54H2,1-3H3/b26-23-,29-28-/t55-/m1/s1. The van der Waals surface area contributed by atoms with Crippen LogP contribution in [0.2, 0.25) is 0 Å². The minimum absolute atomic E-state index is 0.0718. The number of hydrogen-bond donors (Lipinski definition) is 0. The summed E-state index contributed by atoms with van der Waals surface area (Å²) in [6.07, 6.45) is 61.6. The number of rotatable bonds is 52. The van der Waals surface area contributed by atoms with Crippen LogP contribution < -0.4 is 0 Å². The number of carbonyl (C=O) groups excluding carboxylic acids is 3. The minimum Gasteiger partial charge on any atom is -0.462 e. The van der Waals surface area contributed by atoms with E-state index in [0.29, 0.717) is 19.3 Å². The van der Waals surface area contributed by atoms with Crippen LogP contribution in [0.4, 0.5) is 0 Å². The molecule has 0 aromatic carbocycles. The van der Waals surface area contributed by atoms with Gasteiger partial charge in [0.2, 0.25) is 0 Å². The Hall–Kier alpha value is -2.11. The molecule has 0 N–H and O–H groups in total. The van der Waals surface area contributed by atoms with E-state index in [1.54, 1.807) is 0 Å². The zero-order chi connectivity index (χ0) is 46.5. The van der Waals surface area contributed by atoms with E-state index >= 15 is 0 Å². The third-order valence-electron chi connectivity index (χ3n) is 12.7. The second-order valence-electron chi connectivity index (χ2n) is 19.2. The normalized spacial score (nSPS) is 12.1. The Kier molecular flexibility index (Phi) is 51.7. The molecule has 0 aliphatic carbocycles. The van der Waals surface area contributed by atoms with Gasteiger partial charge in [-0.25, -0.2) is 0 Å². The lowest BCUT2D eigenvalue weighted by atomic mass is 10.0. The molecule has 0 unspecified atom stereocenters. The number of carbonyl (C=O) groups is 3. The van der Waals surface area contributed by atoms with Gasteiger partial charge in [0.1, 0.15) is 13.2 Å². The second kappa shape index (κ2) is 53.5. The summed E-state index contributed by atoms with van der Waals surface area (Å²) in [7, 11) is 0. The largest absolute Gasteiger partial charge is 0.462 e. The fourth-order valence-electron chi connectivity index (χ4n) is 8.37. The highest BCUT2D eigenvalue weighted by atomic mass is 16.6. The molecule has 0 spiro atoms. The lowest BCUT2D eigenvalue weighted by Crippen LogP contribution is -2.30. The molecular formula is C58H108O6. The van der Waals surface area contributed by atoms with E-state index in [1.165, 1.54) is 205 Å². The number of allylic oxidation sites excluding steroid dienone is 4. The van der Waals surface area contributed by atoms with Gasteiger partial charge in [-0.2, -0.15) is 0 Å². The van der Waals surface area contributed by atoms with Gasteiger partial charge in [0.15, 0.2) is 6.10 Å².